The first-order valence-electron chi connectivity index (χ1n) is 11.3. The molecule has 0 heterocycles. The van der Waals surface area contributed by atoms with E-state index in [1.807, 2.05) is 45.0 Å². The van der Waals surface area contributed by atoms with Gasteiger partial charge in [0.25, 0.3) is 10.1 Å². The quantitative estimate of drug-likeness (QED) is 0.383. The van der Waals surface area contributed by atoms with Gasteiger partial charge in [0.15, 0.2) is 0 Å². The highest BCUT2D eigenvalue weighted by Gasteiger charge is 2.35. The normalized spacial score (nSPS) is 16.1. The highest BCUT2D eigenvalue weighted by Crippen LogP contribution is 2.39. The lowest BCUT2D eigenvalue weighted by molar-refractivity contribution is -0.158. The molecule has 0 spiro atoms. The Morgan fingerprint density at radius 3 is 2.25 bits per heavy atom. The molecule has 1 unspecified atom stereocenters. The minimum absolute atomic E-state index is 0.0636. The van der Waals surface area contributed by atoms with Crippen LogP contribution in [0.25, 0.3) is 0 Å². The Morgan fingerprint density at radius 2 is 1.66 bits per heavy atom. The van der Waals surface area contributed by atoms with E-state index in [2.05, 4.69) is 0 Å². The summed E-state index contributed by atoms with van der Waals surface area (Å²) in [6.45, 7) is 7.49. The predicted octanol–water partition coefficient (Wildman–Crippen LogP) is 5.56. The second-order valence-corrected chi connectivity index (χ2v) is 11.2. The van der Waals surface area contributed by atoms with Crippen LogP contribution in [0.4, 0.5) is 0 Å². The van der Waals surface area contributed by atoms with E-state index in [1.54, 1.807) is 31.2 Å². The van der Waals surface area contributed by atoms with Gasteiger partial charge in [0.2, 0.25) is 0 Å². The van der Waals surface area contributed by atoms with Gasteiger partial charge < -0.3 is 4.74 Å². The lowest BCUT2D eigenvalue weighted by Gasteiger charge is -2.27. The number of hydrogen-bond acceptors (Lipinski definition) is 5. The summed E-state index contributed by atoms with van der Waals surface area (Å²) in [5.41, 5.74) is 2.07. The van der Waals surface area contributed by atoms with Crippen LogP contribution in [0.3, 0.4) is 0 Å². The predicted molar refractivity (Wildman–Crippen MR) is 125 cm³/mol. The number of carbonyl (C=O) groups is 1. The molecule has 2 aromatic carbocycles. The molecule has 0 amide bonds. The highest BCUT2D eigenvalue weighted by atomic mass is 32.2. The molecular weight excluding hydrogens is 424 g/mol. The third-order valence-electron chi connectivity index (χ3n) is 5.86. The SMILES string of the molecule is Cc1ccccc1S(=O)(=O)OCCc1ccc(C(C(=O)OC(C)(C)C)C2CCCC2)cc1. The Labute approximate surface area is 192 Å². The standard InChI is InChI=1S/C26H34O5S/c1-19-9-5-8-12-23(19)32(28,29)30-18-17-20-13-15-22(16-14-20)24(21-10-6-7-11-21)25(27)31-26(2,3)4/h5,8-9,12-16,21,24H,6-7,10-11,17-18H2,1-4H3. The van der Waals surface area contributed by atoms with E-state index < -0.39 is 15.7 Å². The van der Waals surface area contributed by atoms with Crippen LogP contribution in [-0.2, 0) is 30.3 Å². The van der Waals surface area contributed by atoms with Crippen molar-refractivity contribution in [3.05, 3.63) is 65.2 Å². The molecule has 1 fully saturated rings. The van der Waals surface area contributed by atoms with E-state index in [9.17, 15) is 13.2 Å². The van der Waals surface area contributed by atoms with Crippen molar-refractivity contribution >= 4 is 16.1 Å². The fourth-order valence-electron chi connectivity index (χ4n) is 4.32. The van der Waals surface area contributed by atoms with E-state index in [-0.39, 0.29) is 23.4 Å². The number of ether oxygens (including phenoxy) is 1. The summed E-state index contributed by atoms with van der Waals surface area (Å²) in [5, 5.41) is 0. The summed E-state index contributed by atoms with van der Waals surface area (Å²) in [7, 11) is -3.78. The van der Waals surface area contributed by atoms with Gasteiger partial charge in [-0.15, -0.1) is 0 Å². The first-order chi connectivity index (χ1) is 15.1. The van der Waals surface area contributed by atoms with Crippen LogP contribution in [0.1, 0.15) is 69.1 Å². The molecule has 1 atom stereocenters. The largest absolute Gasteiger partial charge is 0.459 e. The Bertz CT molecular complexity index is 1010. The molecular formula is C26H34O5S. The number of rotatable bonds is 8. The molecule has 3 rings (SSSR count). The molecule has 6 heteroatoms. The minimum Gasteiger partial charge on any atom is -0.459 e. The molecule has 0 aromatic heterocycles. The zero-order valence-corrected chi connectivity index (χ0v) is 20.3. The van der Waals surface area contributed by atoms with E-state index in [4.69, 9.17) is 8.92 Å². The van der Waals surface area contributed by atoms with Gasteiger partial charge in [-0.05, 0) is 75.6 Å². The van der Waals surface area contributed by atoms with E-state index in [0.717, 1.165) is 36.8 Å². The van der Waals surface area contributed by atoms with Crippen LogP contribution in [0.5, 0.6) is 0 Å². The highest BCUT2D eigenvalue weighted by molar-refractivity contribution is 7.86. The molecule has 0 N–H and O–H groups in total. The number of esters is 1. The monoisotopic (exact) mass is 458 g/mol. The Hall–Kier alpha value is -2.18. The van der Waals surface area contributed by atoms with Crippen LogP contribution in [0.15, 0.2) is 53.4 Å². The Morgan fingerprint density at radius 1 is 1.03 bits per heavy atom. The molecule has 174 valence electrons. The molecule has 0 radical (unpaired) electrons. The first kappa shape index (κ1) is 24.5. The zero-order valence-electron chi connectivity index (χ0n) is 19.5. The second-order valence-electron chi connectivity index (χ2n) is 9.59. The third-order valence-corrected chi connectivity index (χ3v) is 7.34. The maximum atomic E-state index is 13.0. The molecule has 1 saturated carbocycles. The summed E-state index contributed by atoms with van der Waals surface area (Å²) in [6, 6.07) is 14.6. The van der Waals surface area contributed by atoms with Gasteiger partial charge in [0.05, 0.1) is 17.4 Å². The van der Waals surface area contributed by atoms with Crippen molar-refractivity contribution in [3.63, 3.8) is 0 Å². The van der Waals surface area contributed by atoms with E-state index >= 15 is 0 Å². The van der Waals surface area contributed by atoms with Crippen molar-refractivity contribution < 1.29 is 22.1 Å². The van der Waals surface area contributed by atoms with E-state index in [0.29, 0.717) is 17.9 Å². The molecule has 1 aliphatic rings. The van der Waals surface area contributed by atoms with Crippen LogP contribution in [0.2, 0.25) is 0 Å². The molecule has 5 nitrogen and oxygen atoms in total. The molecule has 2 aromatic rings. The van der Waals surface area contributed by atoms with Crippen molar-refractivity contribution in [2.24, 2.45) is 5.92 Å². The Balaban J connectivity index is 1.66. The zero-order chi connectivity index (χ0) is 23.4. The van der Waals surface area contributed by atoms with Crippen LogP contribution < -0.4 is 0 Å². The summed E-state index contributed by atoms with van der Waals surface area (Å²) in [4.78, 5) is 13.2. The summed E-state index contributed by atoms with van der Waals surface area (Å²) in [6.07, 6.45) is 4.84. The summed E-state index contributed by atoms with van der Waals surface area (Å²) in [5.74, 6) is -0.119. The maximum Gasteiger partial charge on any atom is 0.314 e. The van der Waals surface area contributed by atoms with Gasteiger partial charge in [0, 0.05) is 0 Å². The molecule has 0 aliphatic heterocycles. The van der Waals surface area contributed by atoms with Crippen LogP contribution in [0, 0.1) is 12.8 Å². The van der Waals surface area contributed by atoms with Gasteiger partial charge in [0.1, 0.15) is 5.60 Å². The number of aryl methyl sites for hydroxylation is 1. The smallest absolute Gasteiger partial charge is 0.314 e. The van der Waals surface area contributed by atoms with Crippen molar-refractivity contribution in [1.82, 2.24) is 0 Å². The molecule has 1 aliphatic carbocycles. The fraction of sp³-hybridized carbons (Fsp3) is 0.500. The first-order valence-corrected chi connectivity index (χ1v) is 12.7. The summed E-state index contributed by atoms with van der Waals surface area (Å²) >= 11 is 0. The number of hydrogen-bond donors (Lipinski definition) is 0. The van der Waals surface area contributed by atoms with Gasteiger partial charge >= 0.3 is 5.97 Å². The third kappa shape index (κ3) is 6.42. The summed E-state index contributed by atoms with van der Waals surface area (Å²) < 4.78 is 35.9. The van der Waals surface area contributed by atoms with Crippen molar-refractivity contribution in [2.75, 3.05) is 6.61 Å². The van der Waals surface area contributed by atoms with Gasteiger partial charge in [-0.3, -0.25) is 8.98 Å². The van der Waals surface area contributed by atoms with E-state index in [1.165, 1.54) is 0 Å². The van der Waals surface area contributed by atoms with Gasteiger partial charge in [-0.25, -0.2) is 0 Å². The van der Waals surface area contributed by atoms with Crippen molar-refractivity contribution in [3.8, 4) is 0 Å². The maximum absolute atomic E-state index is 13.0. The van der Waals surface area contributed by atoms with Crippen molar-refractivity contribution in [2.45, 2.75) is 76.2 Å². The lowest BCUT2D eigenvalue weighted by atomic mass is 9.84. The van der Waals surface area contributed by atoms with Gasteiger partial charge in [-0.2, -0.15) is 8.42 Å². The number of benzene rings is 2. The molecule has 0 bridgehead atoms. The Kier molecular flexibility index (Phi) is 7.78. The lowest BCUT2D eigenvalue weighted by Crippen LogP contribution is -2.30. The number of carbonyl (C=O) groups excluding carboxylic acids is 1. The average Bonchev–Trinajstić information content (AvgIpc) is 3.22. The average molecular weight is 459 g/mol. The fourth-order valence-corrected chi connectivity index (χ4v) is 5.46. The second kappa shape index (κ2) is 10.2. The van der Waals surface area contributed by atoms with Gasteiger partial charge in [-0.1, -0.05) is 55.3 Å². The molecule has 32 heavy (non-hydrogen) atoms. The van der Waals surface area contributed by atoms with Crippen molar-refractivity contribution in [1.29, 1.82) is 0 Å². The minimum atomic E-state index is -3.78. The topological polar surface area (TPSA) is 69.7 Å². The van der Waals surface area contributed by atoms with Crippen LogP contribution >= 0.6 is 0 Å². The van der Waals surface area contributed by atoms with Crippen LogP contribution in [-0.4, -0.2) is 26.6 Å². The molecule has 0 saturated heterocycles.